The highest BCUT2D eigenvalue weighted by atomic mass is 32.2. The highest BCUT2D eigenvalue weighted by Crippen LogP contribution is 2.29. The number of amides is 1. The minimum absolute atomic E-state index is 0.0483. The Hall–Kier alpha value is -2.97. The summed E-state index contributed by atoms with van der Waals surface area (Å²) >= 11 is 0. The van der Waals surface area contributed by atoms with Gasteiger partial charge in [-0.1, -0.05) is 35.9 Å². The van der Waals surface area contributed by atoms with Crippen molar-refractivity contribution in [2.75, 3.05) is 20.1 Å². The number of hydrogen-bond donors (Lipinski definition) is 0. The van der Waals surface area contributed by atoms with Gasteiger partial charge in [-0.15, -0.1) is 0 Å². The summed E-state index contributed by atoms with van der Waals surface area (Å²) in [5.41, 5.74) is 4.51. The lowest BCUT2D eigenvalue weighted by Gasteiger charge is -2.33. The van der Waals surface area contributed by atoms with Gasteiger partial charge in [0.05, 0.1) is 16.8 Å². The van der Waals surface area contributed by atoms with E-state index in [1.165, 1.54) is 4.31 Å². The van der Waals surface area contributed by atoms with Gasteiger partial charge in [-0.05, 0) is 56.9 Å². The second kappa shape index (κ2) is 9.72. The molecular weight excluding hydrogens is 448 g/mol. The maximum Gasteiger partial charge on any atom is 0.243 e. The molecule has 1 fully saturated rings. The smallest absolute Gasteiger partial charge is 0.243 e. The molecule has 2 aromatic carbocycles. The summed E-state index contributed by atoms with van der Waals surface area (Å²) in [6, 6.07) is 13.6. The number of hydrogen-bond acceptors (Lipinski definition) is 4. The summed E-state index contributed by atoms with van der Waals surface area (Å²) in [7, 11) is -1.79. The largest absolute Gasteiger partial charge is 0.341 e. The molecule has 4 rings (SSSR count). The van der Waals surface area contributed by atoms with Gasteiger partial charge in [0, 0.05) is 44.4 Å². The highest BCUT2D eigenvalue weighted by Gasteiger charge is 2.34. The predicted octanol–water partition coefficient (Wildman–Crippen LogP) is 3.86. The van der Waals surface area contributed by atoms with Crippen molar-refractivity contribution in [2.45, 2.75) is 45.1 Å². The summed E-state index contributed by atoms with van der Waals surface area (Å²) in [6.45, 7) is 6.83. The fraction of sp³-hybridized carbons (Fsp3) is 0.385. The van der Waals surface area contributed by atoms with Crippen molar-refractivity contribution in [1.82, 2.24) is 19.0 Å². The molecule has 1 saturated heterocycles. The number of aryl methyl sites for hydroxylation is 3. The van der Waals surface area contributed by atoms with Gasteiger partial charge < -0.3 is 4.90 Å². The van der Waals surface area contributed by atoms with E-state index >= 15 is 0 Å². The predicted molar refractivity (Wildman–Crippen MR) is 132 cm³/mol. The van der Waals surface area contributed by atoms with Crippen molar-refractivity contribution in [3.05, 3.63) is 77.1 Å². The van der Waals surface area contributed by atoms with Crippen LogP contribution >= 0.6 is 0 Å². The number of benzene rings is 2. The van der Waals surface area contributed by atoms with Crippen LogP contribution in [0.1, 0.15) is 35.1 Å². The first-order valence-corrected chi connectivity index (χ1v) is 13.0. The van der Waals surface area contributed by atoms with Crippen LogP contribution in [-0.2, 0) is 21.4 Å². The molecule has 0 saturated carbocycles. The Kier molecular flexibility index (Phi) is 6.91. The first-order chi connectivity index (χ1) is 16.2. The molecule has 0 aliphatic carbocycles. The van der Waals surface area contributed by atoms with Crippen molar-refractivity contribution in [1.29, 1.82) is 0 Å². The van der Waals surface area contributed by atoms with Crippen molar-refractivity contribution in [2.24, 2.45) is 5.92 Å². The topological polar surface area (TPSA) is 75.5 Å². The van der Waals surface area contributed by atoms with Crippen LogP contribution in [-0.4, -0.2) is 53.4 Å². The fourth-order valence-electron chi connectivity index (χ4n) is 4.87. The number of carbonyl (C=O) groups excluding carboxylic acids is 1. The maximum atomic E-state index is 13.3. The second-order valence-corrected chi connectivity index (χ2v) is 11.1. The van der Waals surface area contributed by atoms with Gasteiger partial charge in [-0.2, -0.15) is 9.40 Å². The minimum Gasteiger partial charge on any atom is -0.341 e. The Morgan fingerprint density at radius 2 is 1.68 bits per heavy atom. The number of aromatic nitrogens is 2. The maximum absolute atomic E-state index is 13.3. The Morgan fingerprint density at radius 3 is 2.29 bits per heavy atom. The molecule has 1 aliphatic rings. The number of piperidine rings is 1. The first-order valence-electron chi connectivity index (χ1n) is 11.6. The van der Waals surface area contributed by atoms with Gasteiger partial charge in [-0.25, -0.2) is 13.1 Å². The molecule has 0 radical (unpaired) electrons. The monoisotopic (exact) mass is 480 g/mol. The van der Waals surface area contributed by atoms with E-state index in [2.05, 4.69) is 5.10 Å². The molecule has 0 bridgehead atoms. The van der Waals surface area contributed by atoms with Gasteiger partial charge in [-0.3, -0.25) is 4.79 Å². The molecule has 2 heterocycles. The lowest BCUT2D eigenvalue weighted by Crippen LogP contribution is -2.43. The van der Waals surface area contributed by atoms with Crippen LogP contribution < -0.4 is 0 Å². The molecule has 0 atom stereocenters. The Balaban J connectivity index is 1.38. The first kappa shape index (κ1) is 24.2. The van der Waals surface area contributed by atoms with E-state index in [-0.39, 0.29) is 11.8 Å². The van der Waals surface area contributed by atoms with Gasteiger partial charge in [0.15, 0.2) is 0 Å². The number of nitrogens with zero attached hydrogens (tertiary/aromatic N) is 4. The molecule has 0 unspecified atom stereocenters. The van der Waals surface area contributed by atoms with Gasteiger partial charge in [0.1, 0.15) is 0 Å². The molecular formula is C26H32N4O3S. The molecule has 3 aromatic rings. The molecule has 180 valence electrons. The number of para-hydroxylation sites is 1. The molecule has 1 amide bonds. The number of carbonyl (C=O) groups is 1. The summed E-state index contributed by atoms with van der Waals surface area (Å²) < 4.78 is 30.0. The molecule has 1 aliphatic heterocycles. The quantitative estimate of drug-likeness (QED) is 0.537. The average Bonchev–Trinajstić information content (AvgIpc) is 3.27. The van der Waals surface area contributed by atoms with Crippen LogP contribution in [0.3, 0.4) is 0 Å². The highest BCUT2D eigenvalue weighted by molar-refractivity contribution is 7.89. The fourth-order valence-corrected chi connectivity index (χ4v) is 6.75. The van der Waals surface area contributed by atoms with E-state index in [1.807, 2.05) is 69.4 Å². The normalized spacial score (nSPS) is 15.4. The van der Waals surface area contributed by atoms with E-state index in [9.17, 15) is 13.2 Å². The van der Waals surface area contributed by atoms with E-state index in [0.717, 1.165) is 27.9 Å². The third kappa shape index (κ3) is 4.93. The molecule has 1 aromatic heterocycles. The SMILES string of the molecule is Cc1cc(C)c(S(=O)(=O)N2CCC(C(=O)N(C)Cc3cnn(-c4ccccc4)c3)CC2)c(C)c1. The van der Waals surface area contributed by atoms with Crippen molar-refractivity contribution in [3.8, 4) is 5.69 Å². The second-order valence-electron chi connectivity index (χ2n) is 9.23. The number of sulfonamides is 1. The molecule has 8 heteroatoms. The van der Waals surface area contributed by atoms with Gasteiger partial charge in [0.2, 0.25) is 15.9 Å². The zero-order chi connectivity index (χ0) is 24.5. The molecule has 0 N–H and O–H groups in total. The van der Waals surface area contributed by atoms with Crippen molar-refractivity contribution in [3.63, 3.8) is 0 Å². The van der Waals surface area contributed by atoms with Crippen molar-refractivity contribution >= 4 is 15.9 Å². The van der Waals surface area contributed by atoms with Crippen LogP contribution in [0.5, 0.6) is 0 Å². The van der Waals surface area contributed by atoms with E-state index in [4.69, 9.17) is 0 Å². The Labute approximate surface area is 202 Å². The molecule has 7 nitrogen and oxygen atoms in total. The number of rotatable bonds is 6. The van der Waals surface area contributed by atoms with Crippen LogP contribution in [0.4, 0.5) is 0 Å². The average molecular weight is 481 g/mol. The van der Waals surface area contributed by atoms with E-state index in [0.29, 0.717) is 37.4 Å². The lowest BCUT2D eigenvalue weighted by molar-refractivity contribution is -0.135. The van der Waals surface area contributed by atoms with E-state index < -0.39 is 10.0 Å². The summed E-state index contributed by atoms with van der Waals surface area (Å²) in [6.07, 6.45) is 4.75. The van der Waals surface area contributed by atoms with Gasteiger partial charge >= 0.3 is 0 Å². The standard InChI is InChI=1S/C26H32N4O3S/c1-19-14-20(2)25(21(3)15-19)34(32,33)29-12-10-23(11-13-29)26(31)28(4)17-22-16-27-30(18-22)24-8-6-5-7-9-24/h5-9,14-16,18,23H,10-13,17H2,1-4H3. The van der Waals surface area contributed by atoms with Crippen LogP contribution in [0.25, 0.3) is 5.69 Å². The zero-order valence-corrected chi connectivity index (χ0v) is 21.0. The molecule has 34 heavy (non-hydrogen) atoms. The van der Waals surface area contributed by atoms with Crippen LogP contribution in [0.15, 0.2) is 59.8 Å². The van der Waals surface area contributed by atoms with Gasteiger partial charge in [0.25, 0.3) is 0 Å². The third-order valence-electron chi connectivity index (χ3n) is 6.46. The summed E-state index contributed by atoms with van der Waals surface area (Å²) in [4.78, 5) is 15.2. The lowest BCUT2D eigenvalue weighted by atomic mass is 9.96. The Morgan fingerprint density at radius 1 is 1.06 bits per heavy atom. The van der Waals surface area contributed by atoms with E-state index in [1.54, 1.807) is 22.8 Å². The minimum atomic E-state index is -3.58. The summed E-state index contributed by atoms with van der Waals surface area (Å²) in [5.74, 6) is -0.131. The van der Waals surface area contributed by atoms with Crippen LogP contribution in [0.2, 0.25) is 0 Å². The third-order valence-corrected chi connectivity index (χ3v) is 8.66. The van der Waals surface area contributed by atoms with Crippen molar-refractivity contribution < 1.29 is 13.2 Å². The zero-order valence-electron chi connectivity index (χ0n) is 20.2. The summed E-state index contributed by atoms with van der Waals surface area (Å²) in [5, 5.41) is 4.40. The molecule has 0 spiro atoms. The Bertz CT molecular complexity index is 1250. The van der Waals surface area contributed by atoms with Crippen LogP contribution in [0, 0.1) is 26.7 Å².